The summed E-state index contributed by atoms with van der Waals surface area (Å²) in [5.74, 6) is -1.89. The molecule has 1 aromatic rings. The number of hydrogen-bond donors (Lipinski definition) is 2. The van der Waals surface area contributed by atoms with E-state index < -0.39 is 29.5 Å². The second-order valence-electron chi connectivity index (χ2n) is 6.83. The van der Waals surface area contributed by atoms with Crippen molar-refractivity contribution in [1.29, 1.82) is 0 Å². The lowest BCUT2D eigenvalue weighted by Crippen LogP contribution is -2.47. The summed E-state index contributed by atoms with van der Waals surface area (Å²) < 4.78 is 26.8. The van der Waals surface area contributed by atoms with Gasteiger partial charge in [0.25, 0.3) is 0 Å². The van der Waals surface area contributed by atoms with Crippen LogP contribution in [0.5, 0.6) is 0 Å². The first-order valence-corrected chi connectivity index (χ1v) is 9.30. The molecule has 2 amide bonds. The molecule has 0 radical (unpaired) electrons. The third-order valence-corrected chi connectivity index (χ3v) is 4.59. The zero-order valence-electron chi connectivity index (χ0n) is 15.3. The molecule has 1 atom stereocenters. The first-order chi connectivity index (χ1) is 13.0. The Bertz CT molecular complexity index is 677. The van der Waals surface area contributed by atoms with E-state index in [9.17, 15) is 18.4 Å². The van der Waals surface area contributed by atoms with Crippen LogP contribution in [0.3, 0.4) is 0 Å². The second-order valence-corrected chi connectivity index (χ2v) is 6.83. The normalized spacial score (nSPS) is 16.1. The van der Waals surface area contributed by atoms with Gasteiger partial charge >= 0.3 is 0 Å². The first kappa shape index (κ1) is 20.8. The molecular formula is C21H26F2N2O2. The van der Waals surface area contributed by atoms with Gasteiger partial charge in [-0.15, -0.1) is 6.58 Å². The number of carbonyl (C=O) groups is 2. The van der Waals surface area contributed by atoms with Gasteiger partial charge in [-0.3, -0.25) is 9.59 Å². The fourth-order valence-corrected chi connectivity index (χ4v) is 3.24. The number of carbonyl (C=O) groups excluding carboxylic acids is 2. The highest BCUT2D eigenvalue weighted by Crippen LogP contribution is 2.24. The van der Waals surface area contributed by atoms with E-state index in [0.717, 1.165) is 43.9 Å². The van der Waals surface area contributed by atoms with E-state index in [2.05, 4.69) is 17.2 Å². The fraction of sp³-hybridized carbons (Fsp3) is 0.429. The molecule has 6 heteroatoms. The third kappa shape index (κ3) is 7.33. The maximum atomic E-state index is 13.4. The summed E-state index contributed by atoms with van der Waals surface area (Å²) >= 11 is 0. The van der Waals surface area contributed by atoms with Crippen molar-refractivity contribution in [2.75, 3.05) is 6.54 Å². The average molecular weight is 376 g/mol. The molecule has 27 heavy (non-hydrogen) atoms. The molecule has 0 spiro atoms. The average Bonchev–Trinajstić information content (AvgIpc) is 2.64. The molecule has 0 heterocycles. The molecule has 0 aromatic heterocycles. The van der Waals surface area contributed by atoms with Gasteiger partial charge in [0, 0.05) is 19.0 Å². The van der Waals surface area contributed by atoms with Gasteiger partial charge in [-0.2, -0.15) is 0 Å². The number of hydrogen-bond acceptors (Lipinski definition) is 2. The van der Waals surface area contributed by atoms with E-state index in [4.69, 9.17) is 0 Å². The van der Waals surface area contributed by atoms with Crippen LogP contribution < -0.4 is 10.6 Å². The van der Waals surface area contributed by atoms with Gasteiger partial charge in [0.05, 0.1) is 0 Å². The molecule has 1 aromatic carbocycles. The fourth-order valence-electron chi connectivity index (χ4n) is 3.24. The van der Waals surface area contributed by atoms with Crippen LogP contribution in [0.1, 0.15) is 37.7 Å². The molecule has 2 rings (SSSR count). The first-order valence-electron chi connectivity index (χ1n) is 9.30. The zero-order chi connectivity index (χ0) is 19.6. The van der Waals surface area contributed by atoms with E-state index >= 15 is 0 Å². The smallest absolute Gasteiger partial charge is 0.244 e. The van der Waals surface area contributed by atoms with Crippen LogP contribution in [0.15, 0.2) is 43.0 Å². The summed E-state index contributed by atoms with van der Waals surface area (Å²) in [6, 6.07) is 2.14. The van der Waals surface area contributed by atoms with Gasteiger partial charge in [-0.1, -0.05) is 31.4 Å². The SMILES string of the molecule is C=CCNC(=O)[C@H](Cc1cc(F)cc(F)c1)NC(=O)/C=C/C1CCCCC1. The minimum atomic E-state index is -0.936. The van der Waals surface area contributed by atoms with Crippen LogP contribution in [-0.2, 0) is 16.0 Å². The minimum absolute atomic E-state index is 0.0132. The van der Waals surface area contributed by atoms with Crippen LogP contribution in [0.25, 0.3) is 0 Å². The Kier molecular flexibility index (Phi) is 8.17. The Hall–Kier alpha value is -2.50. The highest BCUT2D eigenvalue weighted by Gasteiger charge is 2.21. The van der Waals surface area contributed by atoms with Crippen LogP contribution in [-0.4, -0.2) is 24.4 Å². The molecule has 2 N–H and O–H groups in total. The molecule has 4 nitrogen and oxygen atoms in total. The molecular weight excluding hydrogens is 350 g/mol. The zero-order valence-corrected chi connectivity index (χ0v) is 15.3. The van der Waals surface area contributed by atoms with Gasteiger partial charge in [0.15, 0.2) is 0 Å². The van der Waals surface area contributed by atoms with Crippen molar-refractivity contribution in [1.82, 2.24) is 10.6 Å². The van der Waals surface area contributed by atoms with Gasteiger partial charge in [0.1, 0.15) is 17.7 Å². The minimum Gasteiger partial charge on any atom is -0.351 e. The lowest BCUT2D eigenvalue weighted by Gasteiger charge is -2.19. The lowest BCUT2D eigenvalue weighted by atomic mass is 9.89. The van der Waals surface area contributed by atoms with Gasteiger partial charge in [-0.05, 0) is 42.5 Å². The van der Waals surface area contributed by atoms with Crippen molar-refractivity contribution in [3.05, 3.63) is 60.2 Å². The van der Waals surface area contributed by atoms with E-state index in [-0.39, 0.29) is 13.0 Å². The summed E-state index contributed by atoms with van der Waals surface area (Å²) in [7, 11) is 0. The van der Waals surface area contributed by atoms with Crippen molar-refractivity contribution in [3.8, 4) is 0 Å². The molecule has 146 valence electrons. The summed E-state index contributed by atoms with van der Waals surface area (Å²) in [4.78, 5) is 24.6. The van der Waals surface area contributed by atoms with Gasteiger partial charge in [0.2, 0.25) is 11.8 Å². The number of halogens is 2. The van der Waals surface area contributed by atoms with Crippen molar-refractivity contribution < 1.29 is 18.4 Å². The number of nitrogens with one attached hydrogen (secondary N) is 2. The highest BCUT2D eigenvalue weighted by atomic mass is 19.1. The molecule has 0 aliphatic heterocycles. The molecule has 1 fully saturated rings. The molecule has 1 saturated carbocycles. The molecule has 0 bridgehead atoms. The van der Waals surface area contributed by atoms with Crippen LogP contribution >= 0.6 is 0 Å². The summed E-state index contributed by atoms with van der Waals surface area (Å²) in [6.45, 7) is 3.77. The summed E-state index contributed by atoms with van der Waals surface area (Å²) in [6.07, 6.45) is 10.5. The Balaban J connectivity index is 2.04. The number of amides is 2. The lowest BCUT2D eigenvalue weighted by molar-refractivity contribution is -0.126. The molecule has 1 aliphatic rings. The number of rotatable bonds is 8. The maximum absolute atomic E-state index is 13.4. The molecule has 0 unspecified atom stereocenters. The van der Waals surface area contributed by atoms with Crippen molar-refractivity contribution in [2.45, 2.75) is 44.6 Å². The Morgan fingerprint density at radius 3 is 2.44 bits per heavy atom. The predicted octanol–water partition coefficient (Wildman–Crippen LogP) is 3.43. The van der Waals surface area contributed by atoms with Crippen molar-refractivity contribution >= 4 is 11.8 Å². The van der Waals surface area contributed by atoms with E-state index in [1.807, 2.05) is 6.08 Å². The number of allylic oxidation sites excluding steroid dienone is 1. The quantitative estimate of drug-likeness (QED) is 0.539. The van der Waals surface area contributed by atoms with Crippen LogP contribution in [0.2, 0.25) is 0 Å². The maximum Gasteiger partial charge on any atom is 0.244 e. The van der Waals surface area contributed by atoms with Crippen LogP contribution in [0, 0.1) is 17.6 Å². The Morgan fingerprint density at radius 2 is 1.81 bits per heavy atom. The topological polar surface area (TPSA) is 58.2 Å². The number of benzene rings is 1. The predicted molar refractivity (Wildman–Crippen MR) is 101 cm³/mol. The largest absolute Gasteiger partial charge is 0.351 e. The third-order valence-electron chi connectivity index (χ3n) is 4.59. The Morgan fingerprint density at radius 1 is 1.15 bits per heavy atom. The Labute approximate surface area is 158 Å². The van der Waals surface area contributed by atoms with E-state index in [0.29, 0.717) is 11.5 Å². The monoisotopic (exact) mass is 376 g/mol. The highest BCUT2D eigenvalue weighted by molar-refractivity contribution is 5.93. The standard InChI is InChI=1S/C21H26F2N2O2/c1-2-10-24-21(27)19(13-16-11-17(22)14-18(23)12-16)25-20(26)9-8-15-6-4-3-5-7-15/h2,8-9,11-12,14-15,19H,1,3-7,10,13H2,(H,24,27)(H,25,26)/b9-8+/t19-/m0/s1. The van der Waals surface area contributed by atoms with Gasteiger partial charge in [-0.25, -0.2) is 8.78 Å². The summed E-state index contributed by atoms with van der Waals surface area (Å²) in [5, 5.41) is 5.25. The summed E-state index contributed by atoms with van der Waals surface area (Å²) in [5.41, 5.74) is 0.294. The van der Waals surface area contributed by atoms with E-state index in [1.54, 1.807) is 0 Å². The van der Waals surface area contributed by atoms with Gasteiger partial charge < -0.3 is 10.6 Å². The second kappa shape index (κ2) is 10.6. The van der Waals surface area contributed by atoms with Crippen molar-refractivity contribution in [2.24, 2.45) is 5.92 Å². The molecule has 0 saturated heterocycles. The molecule has 1 aliphatic carbocycles. The van der Waals surface area contributed by atoms with E-state index in [1.165, 1.54) is 18.6 Å². The van der Waals surface area contributed by atoms with Crippen LogP contribution in [0.4, 0.5) is 8.78 Å². The van der Waals surface area contributed by atoms with Crippen molar-refractivity contribution in [3.63, 3.8) is 0 Å².